The number of carbonyl (C=O) groups excluding carboxylic acids is 1. The van der Waals surface area contributed by atoms with Crippen LogP contribution in [0.2, 0.25) is 0 Å². The Morgan fingerprint density at radius 3 is 2.64 bits per heavy atom. The summed E-state index contributed by atoms with van der Waals surface area (Å²) in [4.78, 5) is 13.1. The monoisotopic (exact) mass is 395 g/mol. The highest BCUT2D eigenvalue weighted by Gasteiger charge is 2.37. The number of carbonyl (C=O) groups is 1. The molecule has 1 amide bonds. The predicted octanol–water partition coefficient (Wildman–Crippen LogP) is 4.26. The minimum Gasteiger partial charge on any atom is -0.360 e. The molecule has 2 fully saturated rings. The van der Waals surface area contributed by atoms with Gasteiger partial charge in [-0.05, 0) is 38.2 Å². The number of thioether (sulfide) groups is 1. The second-order valence-electron chi connectivity index (χ2n) is 7.44. The lowest BCUT2D eigenvalue weighted by molar-refractivity contribution is -0.115. The zero-order chi connectivity index (χ0) is 19.1. The standard InChI is InChI=1S/C20H21N5O2S/c1-12-11-16(24-27-12)21-19(26)17(13-5-3-2-4-6-13)28-20-23-22-18(14-7-8-14)25(20)15-9-10-15/h2-6,11,14-15,17H,7-10H2,1H3,(H,21,24,26). The van der Waals surface area contributed by atoms with Crippen LogP contribution in [0.3, 0.4) is 0 Å². The average Bonchev–Trinajstić information content (AvgIpc) is 3.63. The van der Waals surface area contributed by atoms with Crippen LogP contribution in [0.5, 0.6) is 0 Å². The Hall–Kier alpha value is -2.61. The van der Waals surface area contributed by atoms with Gasteiger partial charge in [0.2, 0.25) is 5.91 Å². The van der Waals surface area contributed by atoms with Gasteiger partial charge in [-0.25, -0.2) is 0 Å². The van der Waals surface area contributed by atoms with E-state index in [0.29, 0.717) is 23.5 Å². The van der Waals surface area contributed by atoms with Crippen molar-refractivity contribution >= 4 is 23.5 Å². The molecule has 5 rings (SSSR count). The van der Waals surface area contributed by atoms with E-state index >= 15 is 0 Å². The summed E-state index contributed by atoms with van der Waals surface area (Å²) in [5.41, 5.74) is 0.920. The molecular weight excluding hydrogens is 374 g/mol. The van der Waals surface area contributed by atoms with Crippen molar-refractivity contribution in [2.75, 3.05) is 5.32 Å². The van der Waals surface area contributed by atoms with Gasteiger partial charge < -0.3 is 14.4 Å². The Morgan fingerprint density at radius 2 is 2.00 bits per heavy atom. The molecule has 2 aliphatic rings. The van der Waals surface area contributed by atoms with Crippen molar-refractivity contribution in [3.63, 3.8) is 0 Å². The molecule has 0 radical (unpaired) electrons. The lowest BCUT2D eigenvalue weighted by Gasteiger charge is -2.16. The Balaban J connectivity index is 1.44. The molecule has 144 valence electrons. The molecule has 8 heteroatoms. The van der Waals surface area contributed by atoms with Crippen molar-refractivity contribution in [2.24, 2.45) is 0 Å². The first kappa shape index (κ1) is 17.5. The van der Waals surface area contributed by atoms with Crippen molar-refractivity contribution in [3.8, 4) is 0 Å². The zero-order valence-electron chi connectivity index (χ0n) is 15.5. The number of amides is 1. The van der Waals surface area contributed by atoms with Gasteiger partial charge in [-0.3, -0.25) is 4.79 Å². The van der Waals surface area contributed by atoms with Crippen LogP contribution in [-0.4, -0.2) is 25.8 Å². The molecule has 7 nitrogen and oxygen atoms in total. The van der Waals surface area contributed by atoms with E-state index in [0.717, 1.165) is 29.4 Å². The first-order valence-electron chi connectivity index (χ1n) is 9.59. The summed E-state index contributed by atoms with van der Waals surface area (Å²) in [6.07, 6.45) is 4.69. The summed E-state index contributed by atoms with van der Waals surface area (Å²) in [7, 11) is 0. The fourth-order valence-corrected chi connectivity index (χ4v) is 4.40. The molecule has 0 bridgehead atoms. The van der Waals surface area contributed by atoms with E-state index in [4.69, 9.17) is 4.52 Å². The number of hydrogen-bond donors (Lipinski definition) is 1. The number of rotatable bonds is 7. The van der Waals surface area contributed by atoms with Crippen molar-refractivity contribution in [1.82, 2.24) is 19.9 Å². The Bertz CT molecular complexity index is 991. The van der Waals surface area contributed by atoms with Crippen LogP contribution in [0, 0.1) is 6.92 Å². The first-order valence-corrected chi connectivity index (χ1v) is 10.5. The van der Waals surface area contributed by atoms with Crippen LogP contribution in [0.15, 0.2) is 46.1 Å². The molecule has 2 heterocycles. The molecule has 3 aromatic rings. The highest BCUT2D eigenvalue weighted by molar-refractivity contribution is 8.00. The van der Waals surface area contributed by atoms with Crippen molar-refractivity contribution < 1.29 is 9.32 Å². The molecule has 1 aromatic carbocycles. The Kier molecular flexibility index (Phi) is 4.43. The van der Waals surface area contributed by atoms with Crippen LogP contribution in [0.25, 0.3) is 0 Å². The second kappa shape index (κ2) is 7.09. The number of hydrogen-bond acceptors (Lipinski definition) is 6. The Labute approximate surface area is 166 Å². The van der Waals surface area contributed by atoms with Gasteiger partial charge in [0, 0.05) is 18.0 Å². The summed E-state index contributed by atoms with van der Waals surface area (Å²) < 4.78 is 7.34. The molecule has 2 aromatic heterocycles. The van der Waals surface area contributed by atoms with Gasteiger partial charge in [0.25, 0.3) is 0 Å². The molecule has 1 N–H and O–H groups in total. The van der Waals surface area contributed by atoms with Crippen LogP contribution in [0.4, 0.5) is 5.82 Å². The smallest absolute Gasteiger partial charge is 0.243 e. The van der Waals surface area contributed by atoms with Gasteiger partial charge in [0.15, 0.2) is 11.0 Å². The number of anilines is 1. The predicted molar refractivity (Wildman–Crippen MR) is 105 cm³/mol. The van der Waals surface area contributed by atoms with E-state index in [1.165, 1.54) is 24.6 Å². The van der Waals surface area contributed by atoms with Crippen molar-refractivity contribution in [3.05, 3.63) is 53.5 Å². The summed E-state index contributed by atoms with van der Waals surface area (Å²) in [6.45, 7) is 1.80. The van der Waals surface area contributed by atoms with E-state index < -0.39 is 5.25 Å². The molecule has 0 spiro atoms. The quantitative estimate of drug-likeness (QED) is 0.602. The molecule has 2 saturated carbocycles. The molecule has 0 saturated heterocycles. The Morgan fingerprint density at radius 1 is 1.21 bits per heavy atom. The van der Waals surface area contributed by atoms with E-state index in [-0.39, 0.29) is 5.91 Å². The highest BCUT2D eigenvalue weighted by Crippen LogP contribution is 2.47. The van der Waals surface area contributed by atoms with Gasteiger partial charge in [-0.2, -0.15) is 0 Å². The molecule has 28 heavy (non-hydrogen) atoms. The third-order valence-corrected chi connectivity index (χ3v) is 6.20. The highest BCUT2D eigenvalue weighted by atomic mass is 32.2. The van der Waals surface area contributed by atoms with Crippen molar-refractivity contribution in [2.45, 2.75) is 55.0 Å². The zero-order valence-corrected chi connectivity index (χ0v) is 16.4. The molecule has 1 atom stereocenters. The summed E-state index contributed by atoms with van der Waals surface area (Å²) >= 11 is 1.46. The molecule has 2 aliphatic carbocycles. The molecule has 1 unspecified atom stereocenters. The SMILES string of the molecule is Cc1cc(NC(=O)C(Sc2nnc(C3CC3)n2C2CC2)c2ccccc2)no1. The molecule has 0 aliphatic heterocycles. The number of nitrogens with one attached hydrogen (secondary N) is 1. The van der Waals surface area contributed by atoms with Crippen LogP contribution in [-0.2, 0) is 4.79 Å². The van der Waals surface area contributed by atoms with Crippen LogP contribution in [0.1, 0.15) is 60.0 Å². The molecular formula is C20H21N5O2S. The lowest BCUT2D eigenvalue weighted by Crippen LogP contribution is -2.19. The number of aryl methyl sites for hydroxylation is 1. The minimum absolute atomic E-state index is 0.150. The average molecular weight is 395 g/mol. The first-order chi connectivity index (χ1) is 13.7. The van der Waals surface area contributed by atoms with E-state index in [1.807, 2.05) is 30.3 Å². The van der Waals surface area contributed by atoms with Gasteiger partial charge >= 0.3 is 0 Å². The number of nitrogens with zero attached hydrogens (tertiary/aromatic N) is 4. The lowest BCUT2D eigenvalue weighted by atomic mass is 10.1. The van der Waals surface area contributed by atoms with E-state index in [2.05, 4.69) is 25.2 Å². The topological polar surface area (TPSA) is 85.8 Å². The minimum atomic E-state index is -0.452. The van der Waals surface area contributed by atoms with Crippen molar-refractivity contribution in [1.29, 1.82) is 0 Å². The second-order valence-corrected chi connectivity index (χ2v) is 8.51. The third kappa shape index (κ3) is 3.56. The third-order valence-electron chi connectivity index (χ3n) is 4.99. The summed E-state index contributed by atoms with van der Waals surface area (Å²) in [6, 6.07) is 11.9. The largest absolute Gasteiger partial charge is 0.360 e. The maximum Gasteiger partial charge on any atom is 0.243 e. The number of aromatic nitrogens is 4. The van der Waals surface area contributed by atoms with Gasteiger partial charge in [0.05, 0.1) is 0 Å². The van der Waals surface area contributed by atoms with E-state index in [9.17, 15) is 4.79 Å². The normalized spacial score (nSPS) is 17.5. The van der Waals surface area contributed by atoms with E-state index in [1.54, 1.807) is 13.0 Å². The number of benzene rings is 1. The fraction of sp³-hybridized carbons (Fsp3) is 0.400. The van der Waals surface area contributed by atoms with Crippen LogP contribution < -0.4 is 5.32 Å². The van der Waals surface area contributed by atoms with Gasteiger partial charge in [0.1, 0.15) is 16.8 Å². The summed E-state index contributed by atoms with van der Waals surface area (Å²) in [5, 5.41) is 16.0. The fourth-order valence-electron chi connectivity index (χ4n) is 3.29. The van der Waals surface area contributed by atoms with Gasteiger partial charge in [-0.15, -0.1) is 10.2 Å². The maximum absolute atomic E-state index is 13.1. The summed E-state index contributed by atoms with van der Waals surface area (Å²) in [5.74, 6) is 2.55. The van der Waals surface area contributed by atoms with Crippen LogP contribution >= 0.6 is 11.8 Å². The van der Waals surface area contributed by atoms with Gasteiger partial charge in [-0.1, -0.05) is 47.3 Å². The maximum atomic E-state index is 13.1.